The lowest BCUT2D eigenvalue weighted by atomic mass is 10.2. The fourth-order valence-corrected chi connectivity index (χ4v) is 4.37. The van der Waals surface area contributed by atoms with Crippen LogP contribution in [0.2, 0.25) is 0 Å². The molecule has 156 valence electrons. The minimum Gasteiger partial charge on any atom is -0.496 e. The molecule has 2 heterocycles. The lowest BCUT2D eigenvalue weighted by molar-refractivity contribution is 0.369. The van der Waals surface area contributed by atoms with Crippen LogP contribution in [0.15, 0.2) is 58.5 Å². The molecule has 0 amide bonds. The molecule has 0 aliphatic carbocycles. The monoisotopic (exact) mass is 413 g/mol. The van der Waals surface area contributed by atoms with Crippen molar-refractivity contribution in [3.05, 3.63) is 48.7 Å². The van der Waals surface area contributed by atoms with Crippen molar-refractivity contribution < 1.29 is 4.74 Å². The van der Waals surface area contributed by atoms with Crippen molar-refractivity contribution in [2.45, 2.75) is 11.8 Å². The Labute approximate surface area is 178 Å². The maximum Gasteiger partial charge on any atom is 0.193 e. The fraction of sp³-hybridized carbons (Fsp3) is 0.455. The third kappa shape index (κ3) is 6.03. The number of methoxy groups -OCH3 is 1. The molecule has 1 aromatic heterocycles. The number of guanidine groups is 1. The SMILES string of the molecule is CN=C(NCC(C)CSc1ccccc1OC)N1CCN(c2ccccn2)CC1. The second kappa shape index (κ2) is 11.0. The van der Waals surface area contributed by atoms with E-state index in [0.29, 0.717) is 5.92 Å². The molecule has 1 N–H and O–H groups in total. The summed E-state index contributed by atoms with van der Waals surface area (Å²) in [6.07, 6.45) is 1.85. The number of piperazine rings is 1. The maximum absolute atomic E-state index is 5.44. The number of aromatic nitrogens is 1. The van der Waals surface area contributed by atoms with Crippen molar-refractivity contribution >= 4 is 23.5 Å². The van der Waals surface area contributed by atoms with Gasteiger partial charge >= 0.3 is 0 Å². The number of rotatable bonds is 7. The van der Waals surface area contributed by atoms with E-state index in [-0.39, 0.29) is 0 Å². The van der Waals surface area contributed by atoms with Crippen LogP contribution in [0.5, 0.6) is 5.75 Å². The molecule has 29 heavy (non-hydrogen) atoms. The number of benzene rings is 1. The molecule has 1 unspecified atom stereocenters. The first-order valence-corrected chi connectivity index (χ1v) is 11.1. The fourth-order valence-electron chi connectivity index (χ4n) is 3.31. The zero-order chi connectivity index (χ0) is 20.5. The van der Waals surface area contributed by atoms with Gasteiger partial charge in [0.05, 0.1) is 7.11 Å². The van der Waals surface area contributed by atoms with E-state index in [0.717, 1.165) is 56.0 Å². The van der Waals surface area contributed by atoms with Gasteiger partial charge in [-0.2, -0.15) is 0 Å². The van der Waals surface area contributed by atoms with E-state index in [4.69, 9.17) is 4.74 Å². The number of nitrogens with one attached hydrogen (secondary N) is 1. The molecule has 2 aromatic rings. The quantitative estimate of drug-likeness (QED) is 0.427. The highest BCUT2D eigenvalue weighted by Crippen LogP contribution is 2.29. The number of pyridine rings is 1. The number of nitrogens with zero attached hydrogens (tertiary/aromatic N) is 4. The number of ether oxygens (including phenoxy) is 1. The number of anilines is 1. The van der Waals surface area contributed by atoms with Gasteiger partial charge in [0.15, 0.2) is 5.96 Å². The summed E-state index contributed by atoms with van der Waals surface area (Å²) >= 11 is 1.84. The Morgan fingerprint density at radius 3 is 2.62 bits per heavy atom. The van der Waals surface area contributed by atoms with Crippen LogP contribution in [0.25, 0.3) is 0 Å². The summed E-state index contributed by atoms with van der Waals surface area (Å²) in [5, 5.41) is 3.56. The number of para-hydroxylation sites is 1. The molecule has 1 aliphatic heterocycles. The van der Waals surface area contributed by atoms with Gasteiger partial charge in [0.25, 0.3) is 0 Å². The molecule has 3 rings (SSSR count). The maximum atomic E-state index is 5.44. The van der Waals surface area contributed by atoms with Crippen LogP contribution < -0.4 is 15.0 Å². The van der Waals surface area contributed by atoms with Crippen molar-refractivity contribution in [1.82, 2.24) is 15.2 Å². The van der Waals surface area contributed by atoms with Gasteiger partial charge < -0.3 is 19.9 Å². The minimum absolute atomic E-state index is 0.511. The van der Waals surface area contributed by atoms with Crippen LogP contribution in [0.4, 0.5) is 5.82 Å². The van der Waals surface area contributed by atoms with Crippen LogP contribution in [0.3, 0.4) is 0 Å². The summed E-state index contributed by atoms with van der Waals surface area (Å²) in [6.45, 7) is 6.96. The Hall–Kier alpha value is -2.41. The van der Waals surface area contributed by atoms with E-state index in [2.05, 4.69) is 50.2 Å². The van der Waals surface area contributed by atoms with E-state index in [1.54, 1.807) is 7.11 Å². The standard InChI is InChI=1S/C22H31N5OS/c1-18(17-29-20-9-5-4-8-19(20)28-3)16-25-22(23-2)27-14-12-26(13-15-27)21-10-6-7-11-24-21/h4-11,18H,12-17H2,1-3H3,(H,23,25). The molecule has 0 bridgehead atoms. The van der Waals surface area contributed by atoms with Gasteiger partial charge in [0.2, 0.25) is 0 Å². The van der Waals surface area contributed by atoms with Crippen molar-refractivity contribution in [1.29, 1.82) is 0 Å². The number of aliphatic imine (C=N–C) groups is 1. The molecule has 1 atom stereocenters. The summed E-state index contributed by atoms with van der Waals surface area (Å²) in [7, 11) is 3.59. The molecule has 6 nitrogen and oxygen atoms in total. The number of hydrogen-bond donors (Lipinski definition) is 1. The van der Waals surface area contributed by atoms with E-state index in [9.17, 15) is 0 Å². The highest BCUT2D eigenvalue weighted by atomic mass is 32.2. The molecular formula is C22H31N5OS. The van der Waals surface area contributed by atoms with Crippen LogP contribution >= 0.6 is 11.8 Å². The molecule has 1 aliphatic rings. The van der Waals surface area contributed by atoms with E-state index < -0.39 is 0 Å². The summed E-state index contributed by atoms with van der Waals surface area (Å²) in [6, 6.07) is 14.3. The average molecular weight is 414 g/mol. The van der Waals surface area contributed by atoms with Gasteiger partial charge in [-0.1, -0.05) is 25.1 Å². The first-order chi connectivity index (χ1) is 14.2. The number of hydrogen-bond acceptors (Lipinski definition) is 5. The third-order valence-corrected chi connectivity index (χ3v) is 6.35. The van der Waals surface area contributed by atoms with Crippen molar-refractivity contribution in [2.75, 3.05) is 57.5 Å². The summed E-state index contributed by atoms with van der Waals surface area (Å²) < 4.78 is 5.44. The topological polar surface area (TPSA) is 53.0 Å². The normalized spacial score (nSPS) is 15.9. The zero-order valence-electron chi connectivity index (χ0n) is 17.5. The van der Waals surface area contributed by atoms with E-state index in [1.807, 2.05) is 49.3 Å². The number of thioether (sulfide) groups is 1. The summed E-state index contributed by atoms with van der Waals surface area (Å²) in [4.78, 5) is 14.8. The van der Waals surface area contributed by atoms with Crippen LogP contribution in [-0.4, -0.2) is 68.5 Å². The van der Waals surface area contributed by atoms with Gasteiger partial charge in [-0.15, -0.1) is 11.8 Å². The molecular weight excluding hydrogens is 382 g/mol. The van der Waals surface area contributed by atoms with Gasteiger partial charge in [-0.3, -0.25) is 4.99 Å². The Kier molecular flexibility index (Phi) is 8.04. The molecule has 1 aromatic carbocycles. The van der Waals surface area contributed by atoms with Gasteiger partial charge in [0, 0.05) is 56.6 Å². The summed E-state index contributed by atoms with van der Waals surface area (Å²) in [5.74, 6) is 4.52. The first kappa shape index (κ1) is 21.3. The molecule has 1 saturated heterocycles. The molecule has 1 fully saturated rings. The zero-order valence-corrected chi connectivity index (χ0v) is 18.4. The van der Waals surface area contributed by atoms with Crippen LogP contribution in [0.1, 0.15) is 6.92 Å². The van der Waals surface area contributed by atoms with E-state index >= 15 is 0 Å². The minimum atomic E-state index is 0.511. The van der Waals surface area contributed by atoms with E-state index in [1.165, 1.54) is 4.90 Å². The first-order valence-electron chi connectivity index (χ1n) is 10.1. The molecule has 0 saturated carbocycles. The third-order valence-electron chi connectivity index (χ3n) is 4.97. The van der Waals surface area contributed by atoms with Gasteiger partial charge in [-0.05, 0) is 30.2 Å². The Morgan fingerprint density at radius 2 is 1.93 bits per heavy atom. The highest BCUT2D eigenvalue weighted by molar-refractivity contribution is 7.99. The van der Waals surface area contributed by atoms with Crippen LogP contribution in [0, 0.1) is 5.92 Å². The molecule has 0 radical (unpaired) electrons. The largest absolute Gasteiger partial charge is 0.496 e. The Balaban J connectivity index is 1.43. The average Bonchev–Trinajstić information content (AvgIpc) is 2.79. The van der Waals surface area contributed by atoms with Crippen molar-refractivity contribution in [3.8, 4) is 5.75 Å². The van der Waals surface area contributed by atoms with Crippen molar-refractivity contribution in [2.24, 2.45) is 10.9 Å². The predicted molar refractivity (Wildman–Crippen MR) is 122 cm³/mol. The smallest absolute Gasteiger partial charge is 0.193 e. The van der Waals surface area contributed by atoms with Gasteiger partial charge in [0.1, 0.15) is 11.6 Å². The van der Waals surface area contributed by atoms with Crippen LogP contribution in [-0.2, 0) is 0 Å². The molecule has 0 spiro atoms. The van der Waals surface area contributed by atoms with Gasteiger partial charge in [-0.25, -0.2) is 4.98 Å². The van der Waals surface area contributed by atoms with Crippen molar-refractivity contribution in [3.63, 3.8) is 0 Å². The highest BCUT2D eigenvalue weighted by Gasteiger charge is 2.20. The summed E-state index contributed by atoms with van der Waals surface area (Å²) in [5.41, 5.74) is 0. The molecule has 7 heteroatoms. The Bertz CT molecular complexity index is 778. The second-order valence-corrected chi connectivity index (χ2v) is 8.22. The Morgan fingerprint density at radius 1 is 1.17 bits per heavy atom. The predicted octanol–water partition coefficient (Wildman–Crippen LogP) is 3.22. The lowest BCUT2D eigenvalue weighted by Crippen LogP contribution is -2.53. The lowest BCUT2D eigenvalue weighted by Gasteiger charge is -2.37. The second-order valence-electron chi connectivity index (χ2n) is 7.16.